The topological polar surface area (TPSA) is 0 Å². The van der Waals surface area contributed by atoms with E-state index in [0.717, 1.165) is 0 Å². The molecule has 0 nitrogen and oxygen atoms in total. The smallest absolute Gasteiger partial charge is 0.00201 e. The van der Waals surface area contributed by atoms with E-state index < -0.39 is 0 Å². The van der Waals surface area contributed by atoms with Crippen LogP contribution in [-0.4, -0.2) is 0 Å². The van der Waals surface area contributed by atoms with Gasteiger partial charge in [-0.3, -0.25) is 0 Å². The Kier molecular flexibility index (Phi) is 2.97. The van der Waals surface area contributed by atoms with E-state index in [0.29, 0.717) is 0 Å². The lowest BCUT2D eigenvalue weighted by Crippen LogP contribution is -1.88. The first-order valence-corrected chi connectivity index (χ1v) is 11.2. The van der Waals surface area contributed by atoms with E-state index in [-0.39, 0.29) is 0 Å². The monoisotopic (exact) mass is 402 g/mol. The molecule has 0 amide bonds. The van der Waals surface area contributed by atoms with Crippen LogP contribution in [0.15, 0.2) is 109 Å². The molecule has 0 unspecified atom stereocenters. The Morgan fingerprint density at radius 2 is 0.750 bits per heavy atom. The number of hydrogen-bond acceptors (Lipinski definition) is 0. The van der Waals surface area contributed by atoms with Crippen LogP contribution in [0.5, 0.6) is 0 Å². The molecule has 0 aliphatic rings. The minimum atomic E-state index is 1.30. The van der Waals surface area contributed by atoms with Crippen molar-refractivity contribution in [1.82, 2.24) is 0 Å². The van der Waals surface area contributed by atoms with Gasteiger partial charge in [-0.25, -0.2) is 0 Å². The lowest BCUT2D eigenvalue weighted by atomic mass is 9.87. The molecule has 0 heterocycles. The average Bonchev–Trinajstić information content (AvgIpc) is 2.85. The molecule has 8 rings (SSSR count). The van der Waals surface area contributed by atoms with E-state index in [1.54, 1.807) is 0 Å². The van der Waals surface area contributed by atoms with Crippen LogP contribution >= 0.6 is 0 Å². The van der Waals surface area contributed by atoms with E-state index >= 15 is 0 Å². The Hall–Kier alpha value is -4.16. The Balaban J connectivity index is 1.61. The molecular formula is C32H18. The van der Waals surface area contributed by atoms with Crippen LogP contribution in [-0.2, 0) is 0 Å². The summed E-state index contributed by atoms with van der Waals surface area (Å²) in [6.07, 6.45) is 0. The maximum atomic E-state index is 2.41. The van der Waals surface area contributed by atoms with Crippen molar-refractivity contribution in [3.8, 4) is 0 Å². The average molecular weight is 402 g/mol. The molecule has 0 aliphatic heterocycles. The van der Waals surface area contributed by atoms with Crippen molar-refractivity contribution in [3.05, 3.63) is 109 Å². The van der Waals surface area contributed by atoms with Crippen molar-refractivity contribution in [2.24, 2.45) is 0 Å². The van der Waals surface area contributed by atoms with Gasteiger partial charge in [-0.2, -0.15) is 0 Å². The molecule has 146 valence electrons. The molecule has 8 aromatic rings. The van der Waals surface area contributed by atoms with Crippen LogP contribution in [0.2, 0.25) is 0 Å². The second-order valence-electron chi connectivity index (χ2n) is 8.98. The molecule has 0 radical (unpaired) electrons. The number of rotatable bonds is 0. The van der Waals surface area contributed by atoms with Gasteiger partial charge in [0.15, 0.2) is 0 Å². The summed E-state index contributed by atoms with van der Waals surface area (Å²) < 4.78 is 0. The van der Waals surface area contributed by atoms with Gasteiger partial charge in [0.2, 0.25) is 0 Å². The molecule has 0 saturated carbocycles. The fourth-order valence-electron chi connectivity index (χ4n) is 5.86. The summed E-state index contributed by atoms with van der Waals surface area (Å²) in [5.74, 6) is 0. The predicted molar refractivity (Wildman–Crippen MR) is 140 cm³/mol. The molecule has 0 N–H and O–H groups in total. The van der Waals surface area contributed by atoms with Crippen LogP contribution in [0.1, 0.15) is 0 Å². The highest BCUT2D eigenvalue weighted by Crippen LogP contribution is 2.42. The minimum Gasteiger partial charge on any atom is -0.0616 e. The molecular weight excluding hydrogens is 384 g/mol. The summed E-state index contributed by atoms with van der Waals surface area (Å²) in [5, 5.41) is 18.7. The first-order valence-electron chi connectivity index (χ1n) is 11.2. The highest BCUT2D eigenvalue weighted by molar-refractivity contribution is 6.34. The summed E-state index contributed by atoms with van der Waals surface area (Å²) in [6.45, 7) is 0. The van der Waals surface area contributed by atoms with E-state index in [4.69, 9.17) is 0 Å². The molecule has 0 heteroatoms. The zero-order valence-corrected chi connectivity index (χ0v) is 17.4. The van der Waals surface area contributed by atoms with E-state index in [9.17, 15) is 0 Å². The third-order valence-electron chi connectivity index (χ3n) is 7.30. The number of hydrogen-bond donors (Lipinski definition) is 0. The summed E-state index contributed by atoms with van der Waals surface area (Å²) in [5.41, 5.74) is 0. The first-order chi connectivity index (χ1) is 15.8. The number of benzene rings is 8. The lowest BCUT2D eigenvalue weighted by Gasteiger charge is -2.16. The van der Waals surface area contributed by atoms with Crippen LogP contribution < -0.4 is 0 Å². The maximum Gasteiger partial charge on any atom is -0.00201 e. The highest BCUT2D eigenvalue weighted by Gasteiger charge is 2.14. The Morgan fingerprint density at radius 1 is 0.250 bits per heavy atom. The second-order valence-corrected chi connectivity index (χ2v) is 8.98. The van der Waals surface area contributed by atoms with Gasteiger partial charge in [-0.15, -0.1) is 0 Å². The second kappa shape index (κ2) is 5.75. The number of fused-ring (bicyclic) bond motifs is 7. The molecule has 32 heavy (non-hydrogen) atoms. The van der Waals surface area contributed by atoms with Crippen LogP contribution in [0, 0.1) is 0 Å². The summed E-state index contributed by atoms with van der Waals surface area (Å²) in [6, 6.07) is 40.7. The third-order valence-corrected chi connectivity index (χ3v) is 7.30. The largest absolute Gasteiger partial charge is 0.0616 e. The Labute approximate surface area is 184 Å². The fourth-order valence-corrected chi connectivity index (χ4v) is 5.86. The third kappa shape index (κ3) is 2.02. The molecule has 0 spiro atoms. The van der Waals surface area contributed by atoms with E-state index in [1.807, 2.05) is 0 Å². The van der Waals surface area contributed by atoms with E-state index in [2.05, 4.69) is 109 Å². The van der Waals surface area contributed by atoms with Gasteiger partial charge in [-0.1, -0.05) is 84.9 Å². The van der Waals surface area contributed by atoms with Gasteiger partial charge >= 0.3 is 0 Å². The van der Waals surface area contributed by atoms with Gasteiger partial charge in [0.1, 0.15) is 0 Å². The maximum absolute atomic E-state index is 2.41. The van der Waals surface area contributed by atoms with Gasteiger partial charge in [0.05, 0.1) is 0 Å². The summed E-state index contributed by atoms with van der Waals surface area (Å²) in [4.78, 5) is 0. The predicted octanol–water partition coefficient (Wildman–Crippen LogP) is 9.20. The van der Waals surface area contributed by atoms with E-state index in [1.165, 1.54) is 75.4 Å². The van der Waals surface area contributed by atoms with Crippen molar-refractivity contribution in [1.29, 1.82) is 0 Å². The van der Waals surface area contributed by atoms with Gasteiger partial charge < -0.3 is 0 Å². The lowest BCUT2D eigenvalue weighted by molar-refractivity contribution is 1.79. The zero-order chi connectivity index (χ0) is 20.8. The quantitative estimate of drug-likeness (QED) is 0.175. The zero-order valence-electron chi connectivity index (χ0n) is 17.4. The molecule has 0 aliphatic carbocycles. The van der Waals surface area contributed by atoms with Crippen molar-refractivity contribution in [2.45, 2.75) is 0 Å². The molecule has 0 bridgehead atoms. The summed E-state index contributed by atoms with van der Waals surface area (Å²) >= 11 is 0. The molecule has 8 aromatic carbocycles. The highest BCUT2D eigenvalue weighted by atomic mass is 14.2. The van der Waals surface area contributed by atoms with Crippen molar-refractivity contribution in [2.75, 3.05) is 0 Å². The SMILES string of the molecule is c1ccc2cc3c(ccc4c3cc3ccc5c6ccccc6cc6ccc4c3c65)cc2c1. The van der Waals surface area contributed by atoms with Crippen molar-refractivity contribution < 1.29 is 0 Å². The Bertz CT molecular complexity index is 2020. The van der Waals surface area contributed by atoms with Crippen LogP contribution in [0.3, 0.4) is 0 Å². The van der Waals surface area contributed by atoms with Gasteiger partial charge in [-0.05, 0) is 99.7 Å². The summed E-state index contributed by atoms with van der Waals surface area (Å²) in [7, 11) is 0. The standard InChI is InChI=1S/C32H18/c1-2-6-20-17-29-22(15-19(20)5-1)9-12-26-28-14-10-23-16-21-7-3-4-8-25(21)27-13-11-24(18-30(26)29)32(28)31(23)27/h1-18H. The van der Waals surface area contributed by atoms with Crippen LogP contribution in [0.4, 0.5) is 0 Å². The molecule has 0 atom stereocenters. The van der Waals surface area contributed by atoms with Crippen molar-refractivity contribution in [3.63, 3.8) is 0 Å². The molecule has 0 aromatic heterocycles. The van der Waals surface area contributed by atoms with Crippen molar-refractivity contribution >= 4 is 75.4 Å². The minimum absolute atomic E-state index is 1.30. The Morgan fingerprint density at radius 3 is 1.56 bits per heavy atom. The van der Waals surface area contributed by atoms with Crippen LogP contribution in [0.25, 0.3) is 75.4 Å². The first kappa shape index (κ1) is 16.5. The van der Waals surface area contributed by atoms with Gasteiger partial charge in [0.25, 0.3) is 0 Å². The normalized spacial score (nSPS) is 12.4. The molecule has 0 fully saturated rings. The fraction of sp³-hybridized carbons (Fsp3) is 0. The van der Waals surface area contributed by atoms with Gasteiger partial charge in [0, 0.05) is 0 Å². The molecule has 0 saturated heterocycles.